The van der Waals surface area contributed by atoms with Crippen LogP contribution in [0.15, 0.2) is 12.1 Å². The third-order valence-corrected chi connectivity index (χ3v) is 1.91. The van der Waals surface area contributed by atoms with Gasteiger partial charge in [0.2, 0.25) is 0 Å². The van der Waals surface area contributed by atoms with E-state index in [1.807, 2.05) is 6.92 Å². The third-order valence-electron chi connectivity index (χ3n) is 1.91. The summed E-state index contributed by atoms with van der Waals surface area (Å²) in [5, 5.41) is 9.59. The van der Waals surface area contributed by atoms with Crippen molar-refractivity contribution >= 4 is 5.78 Å². The molecule has 0 unspecified atom stereocenters. The molecule has 0 atom stereocenters. The minimum Gasteiger partial charge on any atom is -0.504 e. The Morgan fingerprint density at radius 2 is 2.08 bits per heavy atom. The standard InChI is InChI=1S/C10H12O3/c1-6-4-5-8(7(2)11)9(12)10(6)13-3/h4-5,12H,1-3H3. The lowest BCUT2D eigenvalue weighted by Gasteiger charge is -2.09. The Morgan fingerprint density at radius 3 is 2.54 bits per heavy atom. The van der Waals surface area contributed by atoms with E-state index < -0.39 is 0 Å². The van der Waals surface area contributed by atoms with Gasteiger partial charge in [0.1, 0.15) is 0 Å². The van der Waals surface area contributed by atoms with Gasteiger partial charge in [0.25, 0.3) is 0 Å². The van der Waals surface area contributed by atoms with Crippen LogP contribution in [-0.2, 0) is 0 Å². The molecule has 0 aromatic heterocycles. The fourth-order valence-corrected chi connectivity index (χ4v) is 1.21. The van der Waals surface area contributed by atoms with Gasteiger partial charge < -0.3 is 9.84 Å². The Labute approximate surface area is 77.0 Å². The number of aromatic hydroxyl groups is 1. The zero-order valence-corrected chi connectivity index (χ0v) is 7.92. The molecule has 3 heteroatoms. The molecule has 13 heavy (non-hydrogen) atoms. The van der Waals surface area contributed by atoms with Gasteiger partial charge in [0, 0.05) is 0 Å². The van der Waals surface area contributed by atoms with E-state index in [0.29, 0.717) is 11.3 Å². The molecule has 0 amide bonds. The Bertz CT molecular complexity index is 342. The average Bonchev–Trinajstić information content (AvgIpc) is 2.04. The maximum absolute atomic E-state index is 11.0. The monoisotopic (exact) mass is 180 g/mol. The van der Waals surface area contributed by atoms with Crippen LogP contribution in [0.1, 0.15) is 22.8 Å². The van der Waals surface area contributed by atoms with Crippen molar-refractivity contribution in [3.05, 3.63) is 23.3 Å². The van der Waals surface area contributed by atoms with Crippen LogP contribution in [0.3, 0.4) is 0 Å². The van der Waals surface area contributed by atoms with Crippen LogP contribution in [0.25, 0.3) is 0 Å². The second-order valence-corrected chi connectivity index (χ2v) is 2.87. The lowest BCUT2D eigenvalue weighted by atomic mass is 10.1. The third kappa shape index (κ3) is 1.64. The molecule has 0 bridgehead atoms. The number of hydrogen-bond donors (Lipinski definition) is 1. The number of carbonyl (C=O) groups is 1. The fraction of sp³-hybridized carbons (Fsp3) is 0.300. The predicted molar refractivity (Wildman–Crippen MR) is 49.4 cm³/mol. The number of ketones is 1. The normalized spacial score (nSPS) is 9.77. The lowest BCUT2D eigenvalue weighted by Crippen LogP contribution is -1.96. The van der Waals surface area contributed by atoms with E-state index in [2.05, 4.69) is 0 Å². The van der Waals surface area contributed by atoms with Crippen LogP contribution < -0.4 is 4.74 Å². The summed E-state index contributed by atoms with van der Waals surface area (Å²) in [6, 6.07) is 3.34. The van der Waals surface area contributed by atoms with E-state index in [9.17, 15) is 9.90 Å². The first kappa shape index (κ1) is 9.58. The zero-order valence-electron chi connectivity index (χ0n) is 7.92. The van der Waals surface area contributed by atoms with Crippen LogP contribution in [0.5, 0.6) is 11.5 Å². The Hall–Kier alpha value is -1.51. The number of benzene rings is 1. The maximum Gasteiger partial charge on any atom is 0.168 e. The van der Waals surface area contributed by atoms with Crippen molar-refractivity contribution in [2.45, 2.75) is 13.8 Å². The number of methoxy groups -OCH3 is 1. The van der Waals surface area contributed by atoms with Gasteiger partial charge in [-0.2, -0.15) is 0 Å². The summed E-state index contributed by atoms with van der Waals surface area (Å²) in [5.74, 6) is 0.124. The van der Waals surface area contributed by atoms with E-state index in [1.54, 1.807) is 12.1 Å². The molecule has 0 fully saturated rings. The minimum absolute atomic E-state index is 0.0741. The van der Waals surface area contributed by atoms with Gasteiger partial charge in [-0.05, 0) is 25.5 Å². The Balaban J connectivity index is 3.35. The summed E-state index contributed by atoms with van der Waals surface area (Å²) < 4.78 is 4.96. The van der Waals surface area contributed by atoms with Crippen molar-refractivity contribution in [1.29, 1.82) is 0 Å². The predicted octanol–water partition coefficient (Wildman–Crippen LogP) is 1.91. The van der Waals surface area contributed by atoms with Crippen molar-refractivity contribution in [3.63, 3.8) is 0 Å². The van der Waals surface area contributed by atoms with Gasteiger partial charge in [-0.15, -0.1) is 0 Å². The van der Waals surface area contributed by atoms with E-state index in [-0.39, 0.29) is 11.5 Å². The van der Waals surface area contributed by atoms with E-state index in [4.69, 9.17) is 4.74 Å². The van der Waals surface area contributed by atoms with E-state index in [1.165, 1.54) is 14.0 Å². The molecule has 1 aromatic rings. The summed E-state index contributed by atoms with van der Waals surface area (Å²) >= 11 is 0. The number of ether oxygens (including phenoxy) is 1. The summed E-state index contributed by atoms with van der Waals surface area (Å²) in [6.45, 7) is 3.21. The second kappa shape index (κ2) is 3.47. The molecule has 1 N–H and O–H groups in total. The largest absolute Gasteiger partial charge is 0.504 e. The Morgan fingerprint density at radius 1 is 1.46 bits per heavy atom. The summed E-state index contributed by atoms with van der Waals surface area (Å²) in [6.07, 6.45) is 0. The number of hydrogen-bond acceptors (Lipinski definition) is 3. The number of rotatable bonds is 2. The van der Waals surface area contributed by atoms with Crippen molar-refractivity contribution in [2.75, 3.05) is 7.11 Å². The zero-order chi connectivity index (χ0) is 10.0. The van der Waals surface area contributed by atoms with Crippen molar-refractivity contribution in [2.24, 2.45) is 0 Å². The highest BCUT2D eigenvalue weighted by Gasteiger charge is 2.13. The number of carbonyl (C=O) groups excluding carboxylic acids is 1. The second-order valence-electron chi connectivity index (χ2n) is 2.87. The number of Topliss-reactive ketones (excluding diaryl/α,β-unsaturated/α-hetero) is 1. The molecule has 1 aromatic carbocycles. The van der Waals surface area contributed by atoms with Crippen LogP contribution in [0.4, 0.5) is 0 Å². The van der Waals surface area contributed by atoms with Crippen molar-refractivity contribution in [1.82, 2.24) is 0 Å². The summed E-state index contributed by atoms with van der Waals surface area (Å²) in [4.78, 5) is 11.0. The summed E-state index contributed by atoms with van der Waals surface area (Å²) in [5.41, 5.74) is 1.10. The highest BCUT2D eigenvalue weighted by atomic mass is 16.5. The van der Waals surface area contributed by atoms with Gasteiger partial charge >= 0.3 is 0 Å². The average molecular weight is 180 g/mol. The molecule has 0 spiro atoms. The highest BCUT2D eigenvalue weighted by molar-refractivity contribution is 5.97. The van der Waals surface area contributed by atoms with E-state index in [0.717, 1.165) is 5.56 Å². The SMILES string of the molecule is COc1c(C)ccc(C(C)=O)c1O. The number of phenols is 1. The van der Waals surface area contributed by atoms with Gasteiger partial charge in [0.15, 0.2) is 17.3 Å². The smallest absolute Gasteiger partial charge is 0.168 e. The molecule has 0 aliphatic heterocycles. The first-order chi connectivity index (χ1) is 6.07. The minimum atomic E-state index is -0.171. The van der Waals surface area contributed by atoms with Crippen LogP contribution in [-0.4, -0.2) is 18.0 Å². The number of phenolic OH excluding ortho intramolecular Hbond substituents is 1. The van der Waals surface area contributed by atoms with Gasteiger partial charge in [-0.25, -0.2) is 0 Å². The molecule has 3 nitrogen and oxygen atoms in total. The molecule has 0 saturated heterocycles. The molecule has 0 aliphatic carbocycles. The highest BCUT2D eigenvalue weighted by Crippen LogP contribution is 2.33. The van der Waals surface area contributed by atoms with Gasteiger partial charge in [-0.1, -0.05) is 6.07 Å². The first-order valence-electron chi connectivity index (χ1n) is 3.95. The first-order valence-corrected chi connectivity index (χ1v) is 3.95. The van der Waals surface area contributed by atoms with Gasteiger partial charge in [-0.3, -0.25) is 4.79 Å². The quantitative estimate of drug-likeness (QED) is 0.707. The Kier molecular flexibility index (Phi) is 2.56. The number of aryl methyl sites for hydroxylation is 1. The molecule has 0 heterocycles. The topological polar surface area (TPSA) is 46.5 Å². The van der Waals surface area contributed by atoms with E-state index >= 15 is 0 Å². The molecular formula is C10H12O3. The fourth-order valence-electron chi connectivity index (χ4n) is 1.21. The van der Waals surface area contributed by atoms with Crippen LogP contribution in [0.2, 0.25) is 0 Å². The maximum atomic E-state index is 11.0. The van der Waals surface area contributed by atoms with Crippen molar-refractivity contribution in [3.8, 4) is 11.5 Å². The van der Waals surface area contributed by atoms with Crippen LogP contribution in [0, 0.1) is 6.92 Å². The van der Waals surface area contributed by atoms with Gasteiger partial charge in [0.05, 0.1) is 12.7 Å². The molecule has 0 aliphatic rings. The molecular weight excluding hydrogens is 168 g/mol. The molecule has 0 saturated carbocycles. The molecule has 70 valence electrons. The van der Waals surface area contributed by atoms with Crippen molar-refractivity contribution < 1.29 is 14.6 Å². The van der Waals surface area contributed by atoms with Crippen LogP contribution >= 0.6 is 0 Å². The molecule has 1 rings (SSSR count). The summed E-state index contributed by atoms with van der Waals surface area (Å²) in [7, 11) is 1.46. The lowest BCUT2D eigenvalue weighted by molar-refractivity contribution is 0.101. The molecule has 0 radical (unpaired) electrons.